The Kier molecular flexibility index (Phi) is 7.55. The maximum Gasteiger partial charge on any atom is 0.264 e. The zero-order valence-electron chi connectivity index (χ0n) is 16.7. The van der Waals surface area contributed by atoms with E-state index in [4.69, 9.17) is 11.6 Å². The molecular weight excluding hydrogens is 435 g/mol. The molecule has 3 rings (SSSR count). The van der Waals surface area contributed by atoms with Crippen LogP contribution in [0.15, 0.2) is 30.3 Å². The topological polar surface area (TPSA) is 35.6 Å². The average Bonchev–Trinajstić information content (AvgIpc) is 2.71. The standard InChI is InChI=1S/C21H23ClF3N3OS/c1-13(2)30-26-21(29)16-11-17(22)14(9-19(16)24)12-27-5-7-28(8-6-27)15-3-4-18(23)20(25)10-15/h3-4,9-11,13H,5-8,12H2,1-2H3,(H,26,29). The lowest BCUT2D eigenvalue weighted by Gasteiger charge is -2.36. The van der Waals surface area contributed by atoms with Crippen LogP contribution in [-0.2, 0) is 6.54 Å². The Hall–Kier alpha value is -1.90. The lowest BCUT2D eigenvalue weighted by molar-refractivity contribution is 0.0980. The number of benzene rings is 2. The van der Waals surface area contributed by atoms with Gasteiger partial charge in [-0.2, -0.15) is 0 Å². The van der Waals surface area contributed by atoms with Gasteiger partial charge in [0.25, 0.3) is 5.91 Å². The number of rotatable bonds is 6. The zero-order valence-corrected chi connectivity index (χ0v) is 18.3. The summed E-state index contributed by atoms with van der Waals surface area (Å²) in [5.74, 6) is -2.86. The van der Waals surface area contributed by atoms with Gasteiger partial charge in [0.2, 0.25) is 0 Å². The van der Waals surface area contributed by atoms with E-state index in [-0.39, 0.29) is 10.8 Å². The summed E-state index contributed by atoms with van der Waals surface area (Å²) in [7, 11) is 0. The van der Waals surface area contributed by atoms with Crippen LogP contribution in [0.1, 0.15) is 29.8 Å². The van der Waals surface area contributed by atoms with Gasteiger partial charge in [0.15, 0.2) is 11.6 Å². The highest BCUT2D eigenvalue weighted by Crippen LogP contribution is 2.25. The van der Waals surface area contributed by atoms with E-state index in [9.17, 15) is 18.0 Å². The molecule has 1 aliphatic heterocycles. The quantitative estimate of drug-likeness (QED) is 0.628. The summed E-state index contributed by atoms with van der Waals surface area (Å²) in [5, 5.41) is 0.510. The Bertz CT molecular complexity index is 921. The van der Waals surface area contributed by atoms with Crippen LogP contribution in [0.25, 0.3) is 0 Å². The Morgan fingerprint density at radius 3 is 2.40 bits per heavy atom. The van der Waals surface area contributed by atoms with Crippen molar-refractivity contribution in [3.63, 3.8) is 0 Å². The summed E-state index contributed by atoms with van der Waals surface area (Å²) >= 11 is 7.53. The van der Waals surface area contributed by atoms with Gasteiger partial charge >= 0.3 is 0 Å². The van der Waals surface area contributed by atoms with Crippen molar-refractivity contribution in [2.24, 2.45) is 0 Å². The number of carbonyl (C=O) groups is 1. The van der Waals surface area contributed by atoms with Crippen molar-refractivity contribution >= 4 is 35.1 Å². The zero-order chi connectivity index (χ0) is 21.8. The lowest BCUT2D eigenvalue weighted by Crippen LogP contribution is -2.46. The molecule has 0 aliphatic carbocycles. The molecule has 1 heterocycles. The number of anilines is 1. The van der Waals surface area contributed by atoms with E-state index < -0.39 is 23.4 Å². The highest BCUT2D eigenvalue weighted by molar-refractivity contribution is 7.98. The lowest BCUT2D eigenvalue weighted by atomic mass is 10.1. The molecule has 0 unspecified atom stereocenters. The molecule has 2 aromatic rings. The Morgan fingerprint density at radius 1 is 1.07 bits per heavy atom. The Labute approximate surface area is 183 Å². The largest absolute Gasteiger partial charge is 0.369 e. The molecule has 2 aromatic carbocycles. The molecule has 1 amide bonds. The fourth-order valence-corrected chi connectivity index (χ4v) is 3.87. The second-order valence-corrected chi connectivity index (χ2v) is 9.17. The predicted molar refractivity (Wildman–Crippen MR) is 115 cm³/mol. The van der Waals surface area contributed by atoms with Gasteiger partial charge in [-0.15, -0.1) is 0 Å². The number of piperazine rings is 1. The molecule has 1 N–H and O–H groups in total. The molecule has 0 spiro atoms. The fraction of sp³-hybridized carbons (Fsp3) is 0.381. The summed E-state index contributed by atoms with van der Waals surface area (Å²) in [6, 6.07) is 6.54. The van der Waals surface area contributed by atoms with Gasteiger partial charge in [0, 0.05) is 54.8 Å². The monoisotopic (exact) mass is 457 g/mol. The van der Waals surface area contributed by atoms with Gasteiger partial charge in [-0.25, -0.2) is 13.2 Å². The molecule has 162 valence electrons. The summed E-state index contributed by atoms with van der Waals surface area (Å²) in [4.78, 5) is 16.2. The van der Waals surface area contributed by atoms with Crippen molar-refractivity contribution in [3.8, 4) is 0 Å². The van der Waals surface area contributed by atoms with E-state index in [1.54, 1.807) is 6.07 Å². The first kappa shape index (κ1) is 22.8. The van der Waals surface area contributed by atoms with Crippen LogP contribution in [0.4, 0.5) is 18.9 Å². The molecule has 1 aliphatic rings. The molecule has 9 heteroatoms. The van der Waals surface area contributed by atoms with Crippen LogP contribution < -0.4 is 9.62 Å². The third-order valence-corrected chi connectivity index (χ3v) is 5.93. The van der Waals surface area contributed by atoms with E-state index >= 15 is 0 Å². The van der Waals surface area contributed by atoms with Crippen molar-refractivity contribution in [1.29, 1.82) is 0 Å². The summed E-state index contributed by atoms with van der Waals surface area (Å²) in [6.45, 7) is 6.84. The number of nitrogens with zero attached hydrogens (tertiary/aromatic N) is 2. The number of amides is 1. The molecule has 1 saturated heterocycles. The Morgan fingerprint density at radius 2 is 1.77 bits per heavy atom. The smallest absolute Gasteiger partial charge is 0.264 e. The van der Waals surface area contributed by atoms with Crippen molar-refractivity contribution in [2.45, 2.75) is 25.6 Å². The minimum atomic E-state index is -0.867. The molecular formula is C21H23ClF3N3OS. The number of hydrogen-bond acceptors (Lipinski definition) is 4. The second-order valence-electron chi connectivity index (χ2n) is 7.38. The summed E-state index contributed by atoms with van der Waals surface area (Å²) < 4.78 is 43.7. The number of halogens is 4. The molecule has 1 fully saturated rings. The van der Waals surface area contributed by atoms with Gasteiger partial charge in [0.05, 0.1) is 5.56 Å². The maximum atomic E-state index is 14.5. The van der Waals surface area contributed by atoms with Crippen LogP contribution in [-0.4, -0.2) is 42.2 Å². The highest BCUT2D eigenvalue weighted by atomic mass is 35.5. The fourth-order valence-electron chi connectivity index (χ4n) is 3.20. The van der Waals surface area contributed by atoms with Crippen molar-refractivity contribution in [3.05, 3.63) is 63.9 Å². The summed E-state index contributed by atoms with van der Waals surface area (Å²) in [5.41, 5.74) is 1.15. The van der Waals surface area contributed by atoms with Crippen LogP contribution in [0.2, 0.25) is 5.02 Å². The van der Waals surface area contributed by atoms with E-state index in [2.05, 4.69) is 9.62 Å². The van der Waals surface area contributed by atoms with Crippen LogP contribution >= 0.6 is 23.5 Å². The molecule has 0 atom stereocenters. The van der Waals surface area contributed by atoms with Gasteiger partial charge in [-0.05, 0) is 41.8 Å². The van der Waals surface area contributed by atoms with Crippen molar-refractivity contribution in [1.82, 2.24) is 9.62 Å². The first-order valence-electron chi connectivity index (χ1n) is 9.61. The van der Waals surface area contributed by atoms with Crippen molar-refractivity contribution < 1.29 is 18.0 Å². The molecule has 0 radical (unpaired) electrons. The molecule has 30 heavy (non-hydrogen) atoms. The molecule has 0 saturated carbocycles. The van der Waals surface area contributed by atoms with Gasteiger partial charge in [0.1, 0.15) is 5.82 Å². The molecule has 4 nitrogen and oxygen atoms in total. The summed E-state index contributed by atoms with van der Waals surface area (Å²) in [6.07, 6.45) is 0. The van der Waals surface area contributed by atoms with Gasteiger partial charge in [-0.3, -0.25) is 14.4 Å². The minimum Gasteiger partial charge on any atom is -0.369 e. The van der Waals surface area contributed by atoms with Gasteiger partial charge in [-0.1, -0.05) is 25.4 Å². The number of hydrogen-bond donors (Lipinski definition) is 1. The van der Waals surface area contributed by atoms with E-state index in [0.717, 1.165) is 6.07 Å². The van der Waals surface area contributed by atoms with Crippen LogP contribution in [0.3, 0.4) is 0 Å². The number of carbonyl (C=O) groups excluding carboxylic acids is 1. The molecule has 0 bridgehead atoms. The SMILES string of the molecule is CC(C)SNC(=O)c1cc(Cl)c(CN2CCN(c3ccc(F)c(F)c3)CC2)cc1F. The minimum absolute atomic E-state index is 0.0833. The van der Waals surface area contributed by atoms with E-state index in [1.165, 1.54) is 30.1 Å². The first-order chi connectivity index (χ1) is 14.2. The first-order valence-corrected chi connectivity index (χ1v) is 10.9. The second kappa shape index (κ2) is 9.94. The third-order valence-electron chi connectivity index (χ3n) is 4.80. The van der Waals surface area contributed by atoms with Crippen LogP contribution in [0.5, 0.6) is 0 Å². The number of nitrogens with one attached hydrogen (secondary N) is 1. The maximum absolute atomic E-state index is 14.5. The van der Waals surface area contributed by atoms with Crippen molar-refractivity contribution in [2.75, 3.05) is 31.1 Å². The van der Waals surface area contributed by atoms with E-state index in [1.807, 2.05) is 18.7 Å². The third kappa shape index (κ3) is 5.62. The van der Waals surface area contributed by atoms with E-state index in [0.29, 0.717) is 49.0 Å². The van der Waals surface area contributed by atoms with Gasteiger partial charge < -0.3 is 4.90 Å². The molecule has 0 aromatic heterocycles. The highest BCUT2D eigenvalue weighted by Gasteiger charge is 2.21. The average molecular weight is 458 g/mol. The Balaban J connectivity index is 1.61. The normalized spacial score (nSPS) is 15.0. The van der Waals surface area contributed by atoms with Crippen LogP contribution in [0, 0.1) is 17.5 Å². The predicted octanol–water partition coefficient (Wildman–Crippen LogP) is 4.87.